The number of aliphatic hydroxyl groups is 1. The Morgan fingerprint density at radius 3 is 2.04 bits per heavy atom. The first-order valence-electron chi connectivity index (χ1n) is 7.55. The second-order valence-electron chi connectivity index (χ2n) is 5.72. The maximum Gasteiger partial charge on any atom is 0.423 e. The largest absolute Gasteiger partial charge is 0.423 e. The Bertz CT molecular complexity index is 871. The van der Waals surface area contributed by atoms with Gasteiger partial charge in [0.2, 0.25) is 5.60 Å². The van der Waals surface area contributed by atoms with Gasteiger partial charge in [0.15, 0.2) is 0 Å². The molecule has 0 radical (unpaired) electrons. The maximum absolute atomic E-state index is 13.6. The van der Waals surface area contributed by atoms with E-state index >= 15 is 0 Å². The van der Waals surface area contributed by atoms with Gasteiger partial charge in [0.1, 0.15) is 6.33 Å². The van der Waals surface area contributed by atoms with Crippen LogP contribution in [0.3, 0.4) is 0 Å². The molecule has 0 spiro atoms. The molecule has 0 saturated heterocycles. The van der Waals surface area contributed by atoms with Gasteiger partial charge in [-0.05, 0) is 29.3 Å². The molecule has 3 aromatic rings. The molecule has 0 fully saturated rings. The summed E-state index contributed by atoms with van der Waals surface area (Å²) in [7, 11) is 0. The smallest absolute Gasteiger partial charge is 0.375 e. The van der Waals surface area contributed by atoms with Crippen molar-refractivity contribution < 1.29 is 18.3 Å². The molecule has 1 aromatic carbocycles. The fourth-order valence-electron chi connectivity index (χ4n) is 2.50. The molecule has 2 aromatic heterocycles. The van der Waals surface area contributed by atoms with Gasteiger partial charge in [-0.2, -0.15) is 13.2 Å². The first-order chi connectivity index (χ1) is 12.3. The zero-order chi connectivity index (χ0) is 18.8. The van der Waals surface area contributed by atoms with E-state index in [4.69, 9.17) is 11.6 Å². The van der Waals surface area contributed by atoms with E-state index in [9.17, 15) is 18.3 Å². The molecule has 0 aliphatic rings. The Morgan fingerprint density at radius 1 is 0.885 bits per heavy atom. The minimum atomic E-state index is -4.92. The lowest BCUT2D eigenvalue weighted by atomic mass is 9.90. The number of rotatable bonds is 4. The number of pyridine rings is 1. The molecule has 0 saturated carbocycles. The fraction of sp³-hybridized carbons (Fsp3) is 0.167. The van der Waals surface area contributed by atoms with Crippen molar-refractivity contribution in [2.75, 3.05) is 0 Å². The van der Waals surface area contributed by atoms with E-state index < -0.39 is 23.9 Å². The van der Waals surface area contributed by atoms with Gasteiger partial charge in [0, 0.05) is 35.6 Å². The molecule has 134 valence electrons. The number of alkyl halides is 3. The molecule has 1 unspecified atom stereocenters. The molecule has 4 nitrogen and oxygen atoms in total. The van der Waals surface area contributed by atoms with Crippen LogP contribution in [0.5, 0.6) is 0 Å². The lowest BCUT2D eigenvalue weighted by Gasteiger charge is -2.30. The summed E-state index contributed by atoms with van der Waals surface area (Å²) in [4.78, 5) is 11.2. The van der Waals surface area contributed by atoms with Crippen molar-refractivity contribution in [3.05, 3.63) is 77.6 Å². The third-order valence-electron chi connectivity index (χ3n) is 3.91. The Hall–Kier alpha value is -2.51. The molecule has 0 aliphatic heterocycles. The normalized spacial score (nSPS) is 14.0. The third kappa shape index (κ3) is 3.68. The highest BCUT2D eigenvalue weighted by molar-refractivity contribution is 6.30. The molecule has 2 heterocycles. The predicted molar refractivity (Wildman–Crippen MR) is 90.4 cm³/mol. The van der Waals surface area contributed by atoms with Gasteiger partial charge in [0.25, 0.3) is 0 Å². The number of hydrogen-bond acceptors (Lipinski definition) is 4. The fourth-order valence-corrected chi connectivity index (χ4v) is 2.63. The van der Waals surface area contributed by atoms with Gasteiger partial charge in [-0.25, -0.2) is 9.97 Å². The van der Waals surface area contributed by atoms with Gasteiger partial charge in [-0.1, -0.05) is 29.8 Å². The Balaban J connectivity index is 1.96. The molecule has 0 aliphatic carbocycles. The van der Waals surface area contributed by atoms with Gasteiger partial charge < -0.3 is 5.11 Å². The lowest BCUT2D eigenvalue weighted by molar-refractivity contribution is -0.267. The summed E-state index contributed by atoms with van der Waals surface area (Å²) in [6.45, 7) is 0. The molecule has 26 heavy (non-hydrogen) atoms. The van der Waals surface area contributed by atoms with E-state index in [-0.39, 0.29) is 5.56 Å². The van der Waals surface area contributed by atoms with Gasteiger partial charge in [-0.15, -0.1) is 0 Å². The summed E-state index contributed by atoms with van der Waals surface area (Å²) in [5.41, 5.74) is -2.13. The number of hydrogen-bond donors (Lipinski definition) is 1. The van der Waals surface area contributed by atoms with Crippen molar-refractivity contribution in [1.82, 2.24) is 15.0 Å². The first-order valence-corrected chi connectivity index (χ1v) is 7.93. The molecule has 0 bridgehead atoms. The van der Waals surface area contributed by atoms with Gasteiger partial charge >= 0.3 is 6.18 Å². The highest BCUT2D eigenvalue weighted by atomic mass is 35.5. The van der Waals surface area contributed by atoms with Crippen molar-refractivity contribution in [2.45, 2.75) is 18.2 Å². The topological polar surface area (TPSA) is 58.9 Å². The summed E-state index contributed by atoms with van der Waals surface area (Å²) in [6.07, 6.45) is -0.702. The first kappa shape index (κ1) is 18.3. The standard InChI is InChI=1S/C18H13ClF3N3O/c19-15-4-1-13(2-5-15)14-3-6-16(25-10-14)17(26,18(20,21)22)7-12-8-23-11-24-9-12/h1-6,8-11,26H,7H2. The van der Waals surface area contributed by atoms with Crippen LogP contribution in [0, 0.1) is 0 Å². The van der Waals surface area contributed by atoms with E-state index in [0.717, 1.165) is 5.56 Å². The summed E-state index contributed by atoms with van der Waals surface area (Å²) < 4.78 is 40.8. The highest BCUT2D eigenvalue weighted by Crippen LogP contribution is 2.40. The van der Waals surface area contributed by atoms with E-state index in [1.54, 1.807) is 24.3 Å². The van der Waals surface area contributed by atoms with E-state index in [2.05, 4.69) is 15.0 Å². The van der Waals surface area contributed by atoms with Crippen molar-refractivity contribution in [1.29, 1.82) is 0 Å². The average Bonchev–Trinajstić information content (AvgIpc) is 2.62. The van der Waals surface area contributed by atoms with Crippen LogP contribution in [0.4, 0.5) is 13.2 Å². The number of benzene rings is 1. The minimum absolute atomic E-state index is 0.149. The van der Waals surface area contributed by atoms with Crippen LogP contribution in [0.25, 0.3) is 11.1 Å². The third-order valence-corrected chi connectivity index (χ3v) is 4.16. The zero-order valence-corrected chi connectivity index (χ0v) is 14.0. The minimum Gasteiger partial charge on any atom is -0.375 e. The van der Waals surface area contributed by atoms with Crippen molar-refractivity contribution in [3.8, 4) is 11.1 Å². The van der Waals surface area contributed by atoms with E-state index in [1.165, 1.54) is 37.1 Å². The van der Waals surface area contributed by atoms with Crippen LogP contribution in [-0.4, -0.2) is 26.2 Å². The number of nitrogens with zero attached hydrogens (tertiary/aromatic N) is 3. The Kier molecular flexibility index (Phi) is 4.93. The zero-order valence-electron chi connectivity index (χ0n) is 13.3. The SMILES string of the molecule is OC(Cc1cncnc1)(c1ccc(-c2ccc(Cl)cc2)cn1)C(F)(F)F. The van der Waals surface area contributed by atoms with Crippen LogP contribution in [0.2, 0.25) is 5.02 Å². The number of halogens is 4. The number of aromatic nitrogens is 3. The van der Waals surface area contributed by atoms with Crippen molar-refractivity contribution in [3.63, 3.8) is 0 Å². The highest BCUT2D eigenvalue weighted by Gasteiger charge is 2.56. The van der Waals surface area contributed by atoms with E-state index in [1.807, 2.05) is 0 Å². The summed E-state index contributed by atoms with van der Waals surface area (Å²) in [5.74, 6) is 0. The Labute approximate surface area is 152 Å². The molecule has 3 rings (SSSR count). The second-order valence-corrected chi connectivity index (χ2v) is 6.16. The summed E-state index contributed by atoms with van der Waals surface area (Å²) >= 11 is 5.83. The second kappa shape index (κ2) is 7.01. The van der Waals surface area contributed by atoms with Crippen LogP contribution < -0.4 is 0 Å². The van der Waals surface area contributed by atoms with Gasteiger partial charge in [-0.3, -0.25) is 4.98 Å². The summed E-state index contributed by atoms with van der Waals surface area (Å²) in [6, 6.07) is 9.45. The van der Waals surface area contributed by atoms with E-state index in [0.29, 0.717) is 10.6 Å². The van der Waals surface area contributed by atoms with Gasteiger partial charge in [0.05, 0.1) is 5.69 Å². The van der Waals surface area contributed by atoms with Crippen LogP contribution >= 0.6 is 11.6 Å². The van der Waals surface area contributed by atoms with Crippen LogP contribution in [0.15, 0.2) is 61.3 Å². The predicted octanol–water partition coefficient (Wildman–Crippen LogP) is 4.18. The van der Waals surface area contributed by atoms with Crippen molar-refractivity contribution >= 4 is 11.6 Å². The molecular formula is C18H13ClF3N3O. The monoisotopic (exact) mass is 379 g/mol. The molecule has 8 heteroatoms. The lowest BCUT2D eigenvalue weighted by Crippen LogP contribution is -2.45. The molecule has 0 amide bonds. The van der Waals surface area contributed by atoms with Crippen molar-refractivity contribution in [2.24, 2.45) is 0 Å². The molecular weight excluding hydrogens is 367 g/mol. The molecule has 1 atom stereocenters. The van der Waals surface area contributed by atoms with Crippen LogP contribution in [0.1, 0.15) is 11.3 Å². The maximum atomic E-state index is 13.6. The van der Waals surface area contributed by atoms with Crippen LogP contribution in [-0.2, 0) is 12.0 Å². The average molecular weight is 380 g/mol. The summed E-state index contributed by atoms with van der Waals surface area (Å²) in [5, 5.41) is 11.0. The molecule has 1 N–H and O–H groups in total. The quantitative estimate of drug-likeness (QED) is 0.738. The Morgan fingerprint density at radius 2 is 1.50 bits per heavy atom.